The molecule has 3 aliphatic rings. The van der Waals surface area contributed by atoms with Crippen LogP contribution in [0, 0.1) is 5.92 Å². The lowest BCUT2D eigenvalue weighted by Crippen LogP contribution is -2.45. The highest BCUT2D eigenvalue weighted by Crippen LogP contribution is 2.23. The van der Waals surface area contributed by atoms with Gasteiger partial charge in [-0.05, 0) is 25.2 Å². The number of hydrogen-bond donors (Lipinski definition) is 1. The minimum atomic E-state index is 0.0569. The Morgan fingerprint density at radius 3 is 2.58 bits per heavy atom. The molecule has 1 unspecified atom stereocenters. The van der Waals surface area contributed by atoms with Gasteiger partial charge >= 0.3 is 0 Å². The van der Waals surface area contributed by atoms with Gasteiger partial charge in [0.05, 0.1) is 0 Å². The molecule has 0 spiro atoms. The molecule has 1 atom stereocenters. The van der Waals surface area contributed by atoms with Crippen LogP contribution in [0.25, 0.3) is 0 Å². The lowest BCUT2D eigenvalue weighted by molar-refractivity contribution is -0.127. The van der Waals surface area contributed by atoms with Gasteiger partial charge in [0.1, 0.15) is 6.54 Å². The van der Waals surface area contributed by atoms with Crippen molar-refractivity contribution in [3.8, 4) is 0 Å². The van der Waals surface area contributed by atoms with Crippen LogP contribution in [0.5, 0.6) is 0 Å². The average Bonchev–Trinajstić information content (AvgIpc) is 3.33. The first-order valence-corrected chi connectivity index (χ1v) is 10.3. The Morgan fingerprint density at radius 2 is 1.88 bits per heavy atom. The van der Waals surface area contributed by atoms with Gasteiger partial charge in [0.25, 0.3) is 0 Å². The first-order valence-electron chi connectivity index (χ1n) is 10.3. The second-order valence-electron chi connectivity index (χ2n) is 8.13. The van der Waals surface area contributed by atoms with Crippen LogP contribution in [0.4, 0.5) is 0 Å². The van der Waals surface area contributed by atoms with Gasteiger partial charge in [-0.1, -0.05) is 31.4 Å². The van der Waals surface area contributed by atoms with E-state index < -0.39 is 0 Å². The summed E-state index contributed by atoms with van der Waals surface area (Å²) in [7, 11) is 3.58. The average molecular weight is 362 g/mol. The summed E-state index contributed by atoms with van der Waals surface area (Å²) in [6.45, 7) is 5.38. The number of likely N-dealkylation sites (tertiary alicyclic amines) is 1. The molecule has 0 aromatic carbocycles. The molecule has 1 saturated carbocycles. The molecule has 0 bridgehead atoms. The number of amides is 1. The Hall–Kier alpha value is -1.56. The van der Waals surface area contributed by atoms with Crippen molar-refractivity contribution in [2.75, 3.05) is 53.4 Å². The molecule has 3 rings (SSSR count). The SMILES string of the molecule is CN(C)C(=O)CN=C(NCC1CCCCC1)N1CCC(N2CC=CC2)C1. The Balaban J connectivity index is 1.58. The fraction of sp³-hybridized carbons (Fsp3) is 0.800. The van der Waals surface area contributed by atoms with Gasteiger partial charge in [0.15, 0.2) is 5.96 Å². The molecule has 0 radical (unpaired) electrons. The van der Waals surface area contributed by atoms with Crippen LogP contribution in [-0.2, 0) is 4.79 Å². The molecule has 0 aromatic heterocycles. The number of rotatable bonds is 5. The number of carbonyl (C=O) groups is 1. The van der Waals surface area contributed by atoms with Crippen molar-refractivity contribution in [1.29, 1.82) is 0 Å². The summed E-state index contributed by atoms with van der Waals surface area (Å²) < 4.78 is 0. The molecular weight excluding hydrogens is 326 g/mol. The second-order valence-corrected chi connectivity index (χ2v) is 8.13. The largest absolute Gasteiger partial charge is 0.356 e. The zero-order valence-corrected chi connectivity index (χ0v) is 16.5. The zero-order valence-electron chi connectivity index (χ0n) is 16.5. The number of aliphatic imine (C=N–C) groups is 1. The molecule has 6 nitrogen and oxygen atoms in total. The van der Waals surface area contributed by atoms with Crippen molar-refractivity contribution in [2.24, 2.45) is 10.9 Å². The Bertz CT molecular complexity index is 516. The van der Waals surface area contributed by atoms with E-state index in [0.717, 1.165) is 44.6 Å². The molecule has 1 N–H and O–H groups in total. The van der Waals surface area contributed by atoms with Gasteiger partial charge in [-0.15, -0.1) is 0 Å². The highest BCUT2D eigenvalue weighted by atomic mass is 16.2. The minimum absolute atomic E-state index is 0.0569. The smallest absolute Gasteiger partial charge is 0.243 e. The molecule has 1 aliphatic carbocycles. The van der Waals surface area contributed by atoms with Crippen molar-refractivity contribution in [3.05, 3.63) is 12.2 Å². The molecule has 146 valence electrons. The third-order valence-corrected chi connectivity index (χ3v) is 5.96. The molecule has 1 saturated heterocycles. The van der Waals surface area contributed by atoms with Crippen LogP contribution >= 0.6 is 0 Å². The number of hydrogen-bond acceptors (Lipinski definition) is 3. The highest BCUT2D eigenvalue weighted by Gasteiger charge is 2.30. The summed E-state index contributed by atoms with van der Waals surface area (Å²) in [6.07, 6.45) is 12.4. The molecule has 6 heteroatoms. The van der Waals surface area contributed by atoms with Gasteiger partial charge < -0.3 is 15.1 Å². The molecule has 2 heterocycles. The van der Waals surface area contributed by atoms with Gasteiger partial charge in [-0.2, -0.15) is 0 Å². The molecular formula is C20H35N5O. The normalized spacial score (nSPS) is 25.1. The maximum absolute atomic E-state index is 12.0. The van der Waals surface area contributed by atoms with Crippen LogP contribution in [0.3, 0.4) is 0 Å². The summed E-state index contributed by atoms with van der Waals surface area (Å²) in [4.78, 5) is 23.2. The second kappa shape index (κ2) is 9.40. The van der Waals surface area contributed by atoms with E-state index in [1.807, 2.05) is 0 Å². The predicted molar refractivity (Wildman–Crippen MR) is 106 cm³/mol. The third kappa shape index (κ3) is 5.22. The van der Waals surface area contributed by atoms with E-state index in [9.17, 15) is 4.79 Å². The Labute approximate surface area is 158 Å². The third-order valence-electron chi connectivity index (χ3n) is 5.96. The fourth-order valence-corrected chi connectivity index (χ4v) is 4.20. The summed E-state index contributed by atoms with van der Waals surface area (Å²) >= 11 is 0. The summed E-state index contributed by atoms with van der Waals surface area (Å²) in [6, 6.07) is 0.594. The monoisotopic (exact) mass is 361 g/mol. The molecule has 26 heavy (non-hydrogen) atoms. The maximum atomic E-state index is 12.0. The number of carbonyl (C=O) groups excluding carboxylic acids is 1. The number of guanidine groups is 1. The zero-order chi connectivity index (χ0) is 18.4. The van der Waals surface area contributed by atoms with Gasteiger partial charge in [0, 0.05) is 52.9 Å². The van der Waals surface area contributed by atoms with Crippen LogP contribution < -0.4 is 5.32 Å². The van der Waals surface area contributed by atoms with E-state index in [4.69, 9.17) is 0 Å². The number of nitrogens with one attached hydrogen (secondary N) is 1. The van der Waals surface area contributed by atoms with Crippen LogP contribution in [0.15, 0.2) is 17.1 Å². The van der Waals surface area contributed by atoms with Crippen molar-refractivity contribution < 1.29 is 4.79 Å². The van der Waals surface area contributed by atoms with Crippen LogP contribution in [-0.4, -0.2) is 86.0 Å². The Morgan fingerprint density at radius 1 is 1.15 bits per heavy atom. The van der Waals surface area contributed by atoms with Gasteiger partial charge in [0.2, 0.25) is 5.91 Å². The van der Waals surface area contributed by atoms with Crippen molar-refractivity contribution in [3.63, 3.8) is 0 Å². The molecule has 2 fully saturated rings. The molecule has 2 aliphatic heterocycles. The number of nitrogens with zero attached hydrogens (tertiary/aromatic N) is 4. The van der Waals surface area contributed by atoms with E-state index in [2.05, 4.69) is 32.3 Å². The van der Waals surface area contributed by atoms with Gasteiger partial charge in [-0.25, -0.2) is 4.99 Å². The molecule has 0 aromatic rings. The van der Waals surface area contributed by atoms with E-state index >= 15 is 0 Å². The van der Waals surface area contributed by atoms with Crippen LogP contribution in [0.2, 0.25) is 0 Å². The quantitative estimate of drug-likeness (QED) is 0.459. The lowest BCUT2D eigenvalue weighted by atomic mass is 9.89. The van der Waals surface area contributed by atoms with E-state index in [0.29, 0.717) is 6.04 Å². The van der Waals surface area contributed by atoms with Crippen molar-refractivity contribution in [1.82, 2.24) is 20.0 Å². The number of likely N-dealkylation sites (N-methyl/N-ethyl adjacent to an activating group) is 1. The molecule has 1 amide bonds. The first-order chi connectivity index (χ1) is 12.6. The van der Waals surface area contributed by atoms with E-state index in [1.165, 1.54) is 38.5 Å². The topological polar surface area (TPSA) is 51.2 Å². The fourth-order valence-electron chi connectivity index (χ4n) is 4.20. The maximum Gasteiger partial charge on any atom is 0.243 e. The predicted octanol–water partition coefficient (Wildman–Crippen LogP) is 1.55. The first kappa shape index (κ1) is 19.2. The summed E-state index contributed by atoms with van der Waals surface area (Å²) in [5, 5.41) is 3.61. The van der Waals surface area contributed by atoms with Crippen molar-refractivity contribution in [2.45, 2.75) is 44.6 Å². The van der Waals surface area contributed by atoms with Gasteiger partial charge in [-0.3, -0.25) is 9.69 Å². The lowest BCUT2D eigenvalue weighted by Gasteiger charge is -2.28. The summed E-state index contributed by atoms with van der Waals surface area (Å²) in [5.74, 6) is 1.74. The minimum Gasteiger partial charge on any atom is -0.356 e. The van der Waals surface area contributed by atoms with Crippen LogP contribution in [0.1, 0.15) is 38.5 Å². The summed E-state index contributed by atoms with van der Waals surface area (Å²) in [5.41, 5.74) is 0. The van der Waals surface area contributed by atoms with Crippen molar-refractivity contribution >= 4 is 11.9 Å². The van der Waals surface area contributed by atoms with E-state index in [-0.39, 0.29) is 12.5 Å². The van der Waals surface area contributed by atoms with E-state index in [1.54, 1.807) is 19.0 Å². The Kier molecular flexibility index (Phi) is 6.94. The standard InChI is InChI=1S/C20H35N5O/c1-23(2)19(26)15-22-20(21-14-17-8-4-3-5-9-17)25-13-10-18(16-25)24-11-6-7-12-24/h6-7,17-18H,3-5,8-16H2,1-2H3,(H,21,22). The highest BCUT2D eigenvalue weighted by molar-refractivity contribution is 5.85.